The molecule has 0 aliphatic rings. The maximum Gasteiger partial charge on any atom is 0.422 e. The number of benzene rings is 2. The lowest BCUT2D eigenvalue weighted by atomic mass is 10.1. The Labute approximate surface area is 213 Å². The molecule has 0 saturated carbocycles. The van der Waals surface area contributed by atoms with Gasteiger partial charge in [0.2, 0.25) is 5.75 Å². The SMILES string of the molecule is O=C(O)c1nc(-c2ccccc2NS(=O)(=O)c2cc(OCC(F)(F)F)ccc2OCC(F)(F)F)[nH]c(=O)c1O. The van der Waals surface area contributed by atoms with Gasteiger partial charge in [0, 0.05) is 11.6 Å². The molecule has 4 N–H and O–H groups in total. The van der Waals surface area contributed by atoms with Gasteiger partial charge in [-0.25, -0.2) is 18.2 Å². The number of para-hydroxylation sites is 1. The zero-order valence-corrected chi connectivity index (χ0v) is 19.7. The second-order valence-corrected chi connectivity index (χ2v) is 9.14. The topological polar surface area (TPSA) is 168 Å². The molecule has 0 fully saturated rings. The molecular weight excluding hydrogens is 568 g/mol. The number of rotatable bonds is 9. The third-order valence-electron chi connectivity index (χ3n) is 4.52. The van der Waals surface area contributed by atoms with Gasteiger partial charge in [0.25, 0.3) is 15.6 Å². The summed E-state index contributed by atoms with van der Waals surface area (Å²) in [6, 6.07) is 6.81. The van der Waals surface area contributed by atoms with Crippen LogP contribution >= 0.6 is 0 Å². The van der Waals surface area contributed by atoms with E-state index in [0.29, 0.717) is 12.1 Å². The second kappa shape index (κ2) is 10.7. The number of carbonyl (C=O) groups is 1. The first-order chi connectivity index (χ1) is 18.0. The highest BCUT2D eigenvalue weighted by atomic mass is 32.2. The van der Waals surface area contributed by atoms with E-state index < -0.39 is 86.5 Å². The Hall–Kier alpha value is -4.48. The van der Waals surface area contributed by atoms with Crippen LogP contribution in [0.25, 0.3) is 11.4 Å². The molecule has 11 nitrogen and oxygen atoms in total. The number of carboxylic acid groups (broad SMARTS) is 1. The van der Waals surface area contributed by atoms with Crippen molar-refractivity contribution in [2.45, 2.75) is 17.2 Å². The van der Waals surface area contributed by atoms with E-state index in [2.05, 4.69) is 19.4 Å². The van der Waals surface area contributed by atoms with Crippen LogP contribution in [-0.4, -0.2) is 60.1 Å². The number of aromatic carboxylic acids is 1. The minimum Gasteiger partial charge on any atom is -0.501 e. The second-order valence-electron chi connectivity index (χ2n) is 7.48. The summed E-state index contributed by atoms with van der Waals surface area (Å²) < 4.78 is 113. The summed E-state index contributed by atoms with van der Waals surface area (Å²) in [5.74, 6) is -5.10. The Morgan fingerprint density at radius 3 is 2.23 bits per heavy atom. The number of alkyl halides is 6. The van der Waals surface area contributed by atoms with Crippen LogP contribution in [0.1, 0.15) is 10.5 Å². The van der Waals surface area contributed by atoms with Crippen LogP contribution in [0.2, 0.25) is 0 Å². The number of hydrogen-bond acceptors (Lipinski definition) is 8. The van der Waals surface area contributed by atoms with E-state index in [9.17, 15) is 49.5 Å². The third kappa shape index (κ3) is 7.53. The van der Waals surface area contributed by atoms with Crippen molar-refractivity contribution in [3.05, 3.63) is 58.5 Å². The van der Waals surface area contributed by atoms with Crippen LogP contribution in [0.15, 0.2) is 52.2 Å². The van der Waals surface area contributed by atoms with Gasteiger partial charge < -0.3 is 24.7 Å². The van der Waals surface area contributed by atoms with Crippen LogP contribution < -0.4 is 19.8 Å². The van der Waals surface area contributed by atoms with Crippen molar-refractivity contribution in [3.63, 3.8) is 0 Å². The molecule has 1 aromatic heterocycles. The van der Waals surface area contributed by atoms with Crippen molar-refractivity contribution in [3.8, 4) is 28.6 Å². The Balaban J connectivity index is 2.08. The van der Waals surface area contributed by atoms with E-state index in [4.69, 9.17) is 5.11 Å². The van der Waals surface area contributed by atoms with Crippen LogP contribution in [-0.2, 0) is 10.0 Å². The van der Waals surface area contributed by atoms with Crippen LogP contribution in [0.3, 0.4) is 0 Å². The molecule has 0 unspecified atom stereocenters. The Kier molecular flexibility index (Phi) is 7.99. The number of H-pyrrole nitrogens is 1. The van der Waals surface area contributed by atoms with E-state index in [1.165, 1.54) is 18.2 Å². The minimum atomic E-state index is -4.95. The van der Waals surface area contributed by atoms with Gasteiger partial charge in [-0.1, -0.05) is 12.1 Å². The number of carboxylic acids is 1. The molecule has 39 heavy (non-hydrogen) atoms. The van der Waals surface area contributed by atoms with Crippen molar-refractivity contribution in [1.82, 2.24) is 9.97 Å². The minimum absolute atomic E-state index is 0.247. The van der Waals surface area contributed by atoms with Gasteiger partial charge in [-0.3, -0.25) is 9.52 Å². The number of aromatic amines is 1. The van der Waals surface area contributed by atoms with Gasteiger partial charge in [0.05, 0.1) is 5.69 Å². The summed E-state index contributed by atoms with van der Waals surface area (Å²) in [5, 5.41) is 18.8. The summed E-state index contributed by atoms with van der Waals surface area (Å²) in [6.45, 7) is -3.78. The molecule has 210 valence electrons. The van der Waals surface area contributed by atoms with Crippen molar-refractivity contribution in [2.75, 3.05) is 17.9 Å². The lowest BCUT2D eigenvalue weighted by Gasteiger charge is -2.17. The molecule has 3 aromatic rings. The van der Waals surface area contributed by atoms with Crippen molar-refractivity contribution in [2.24, 2.45) is 0 Å². The van der Waals surface area contributed by atoms with Gasteiger partial charge >= 0.3 is 18.3 Å². The maximum atomic E-state index is 13.2. The van der Waals surface area contributed by atoms with Crippen molar-refractivity contribution in [1.29, 1.82) is 0 Å². The zero-order valence-electron chi connectivity index (χ0n) is 18.9. The van der Waals surface area contributed by atoms with Gasteiger partial charge in [0.1, 0.15) is 22.2 Å². The van der Waals surface area contributed by atoms with Gasteiger partial charge in [-0.15, -0.1) is 0 Å². The number of anilines is 1. The van der Waals surface area contributed by atoms with E-state index in [1.54, 1.807) is 0 Å². The quantitative estimate of drug-likeness (QED) is 0.276. The number of aromatic nitrogens is 2. The van der Waals surface area contributed by atoms with Crippen molar-refractivity contribution >= 4 is 21.7 Å². The first-order valence-electron chi connectivity index (χ1n) is 10.2. The van der Waals surface area contributed by atoms with Crippen LogP contribution in [0.4, 0.5) is 32.0 Å². The average molecular weight is 583 g/mol. The molecule has 18 heteroatoms. The molecule has 0 atom stereocenters. The molecule has 0 spiro atoms. The average Bonchev–Trinajstić information content (AvgIpc) is 2.82. The number of nitrogens with one attached hydrogen (secondary N) is 2. The molecule has 0 radical (unpaired) electrons. The normalized spacial score (nSPS) is 12.2. The summed E-state index contributed by atoms with van der Waals surface area (Å²) in [4.78, 5) is 27.9. The number of ether oxygens (including phenoxy) is 2. The maximum absolute atomic E-state index is 13.2. The van der Waals surface area contributed by atoms with E-state index in [-0.39, 0.29) is 5.56 Å². The Bertz CT molecular complexity index is 1550. The largest absolute Gasteiger partial charge is 0.501 e. The fraction of sp³-hybridized carbons (Fsp3) is 0.190. The van der Waals surface area contributed by atoms with Crippen LogP contribution in [0, 0.1) is 0 Å². The predicted octanol–water partition coefficient (Wildman–Crippen LogP) is 3.52. The summed E-state index contributed by atoms with van der Waals surface area (Å²) in [5.41, 5.74) is -3.00. The molecule has 1 heterocycles. The van der Waals surface area contributed by atoms with Gasteiger partial charge in [0.15, 0.2) is 18.9 Å². The first-order valence-corrected chi connectivity index (χ1v) is 11.7. The van der Waals surface area contributed by atoms with Gasteiger partial charge in [-0.05, 0) is 24.3 Å². The summed E-state index contributed by atoms with van der Waals surface area (Å²) in [7, 11) is -4.95. The fourth-order valence-electron chi connectivity index (χ4n) is 2.95. The number of halogens is 6. The Morgan fingerprint density at radius 2 is 1.62 bits per heavy atom. The molecule has 3 rings (SSSR count). The predicted molar refractivity (Wildman–Crippen MR) is 119 cm³/mol. The lowest BCUT2D eigenvalue weighted by molar-refractivity contribution is -0.154. The van der Waals surface area contributed by atoms with Crippen molar-refractivity contribution < 1.29 is 59.2 Å². The zero-order chi connectivity index (χ0) is 29.2. The van der Waals surface area contributed by atoms with Crippen LogP contribution in [0.5, 0.6) is 17.2 Å². The highest BCUT2D eigenvalue weighted by Gasteiger charge is 2.32. The first kappa shape index (κ1) is 29.1. The molecule has 0 saturated heterocycles. The van der Waals surface area contributed by atoms with E-state index >= 15 is 0 Å². The lowest BCUT2D eigenvalue weighted by Crippen LogP contribution is -2.22. The Morgan fingerprint density at radius 1 is 1.00 bits per heavy atom. The highest BCUT2D eigenvalue weighted by molar-refractivity contribution is 7.92. The molecule has 0 aliphatic carbocycles. The van der Waals surface area contributed by atoms with E-state index in [1.807, 2.05) is 4.72 Å². The molecule has 0 amide bonds. The third-order valence-corrected chi connectivity index (χ3v) is 5.91. The highest BCUT2D eigenvalue weighted by Crippen LogP contribution is 2.34. The van der Waals surface area contributed by atoms with E-state index in [0.717, 1.165) is 12.1 Å². The standard InChI is InChI=1S/C21H15F6N3O8S/c22-20(23,24)8-37-10-5-6-13(38-9-21(25,26)27)14(7-10)39(35,36)30-12-4-2-1-3-11(12)17-28-15(19(33)34)16(31)18(32)29-17/h1-7,30-31H,8-9H2,(H,33,34)(H,28,29,32). The number of aromatic hydroxyl groups is 1. The van der Waals surface area contributed by atoms with Gasteiger partial charge in [-0.2, -0.15) is 26.3 Å². The summed E-state index contributed by atoms with van der Waals surface area (Å²) in [6.07, 6.45) is -9.71. The number of sulfonamides is 1. The number of nitrogens with zero attached hydrogens (tertiary/aromatic N) is 1. The molecule has 2 aromatic carbocycles. The monoisotopic (exact) mass is 583 g/mol. The fourth-order valence-corrected chi connectivity index (χ4v) is 4.19. The smallest absolute Gasteiger partial charge is 0.422 e. The molecule has 0 aliphatic heterocycles. The summed E-state index contributed by atoms with van der Waals surface area (Å²) >= 11 is 0. The molecular formula is C21H15F6N3O8S. The number of hydrogen-bond donors (Lipinski definition) is 4. The molecule has 0 bridgehead atoms.